The van der Waals surface area contributed by atoms with Crippen molar-refractivity contribution in [3.63, 3.8) is 0 Å². The fourth-order valence-corrected chi connectivity index (χ4v) is 2.87. The van der Waals surface area contributed by atoms with Gasteiger partial charge in [-0.3, -0.25) is 4.79 Å². The smallest absolute Gasteiger partial charge is 0.296 e. The number of rotatable bonds is 2. The molecule has 1 aliphatic rings. The zero-order chi connectivity index (χ0) is 14.7. The lowest BCUT2D eigenvalue weighted by molar-refractivity contribution is -0.116. The summed E-state index contributed by atoms with van der Waals surface area (Å²) in [6.45, 7) is 1.68. The Kier molecular flexibility index (Phi) is 3.75. The lowest BCUT2D eigenvalue weighted by atomic mass is 9.99. The second-order valence-corrected chi connectivity index (χ2v) is 5.22. The molecule has 0 aliphatic heterocycles. The molecule has 0 fully saturated rings. The van der Waals surface area contributed by atoms with E-state index in [2.05, 4.69) is 47.5 Å². The molecule has 1 atom stereocenters. The second kappa shape index (κ2) is 5.85. The van der Waals surface area contributed by atoms with Crippen LogP contribution in [0, 0.1) is 11.8 Å². The first-order valence-electron chi connectivity index (χ1n) is 7.19. The summed E-state index contributed by atoms with van der Waals surface area (Å²) in [7, 11) is 0. The van der Waals surface area contributed by atoms with Crippen molar-refractivity contribution < 1.29 is 4.79 Å². The van der Waals surface area contributed by atoms with Crippen molar-refractivity contribution in [3.05, 3.63) is 59.7 Å². The molecular formula is C19H17NO. The van der Waals surface area contributed by atoms with Gasteiger partial charge < -0.3 is 5.32 Å². The summed E-state index contributed by atoms with van der Waals surface area (Å²) in [4.78, 5) is 11.7. The van der Waals surface area contributed by atoms with Gasteiger partial charge in [-0.15, -0.1) is 0 Å². The van der Waals surface area contributed by atoms with E-state index >= 15 is 0 Å². The van der Waals surface area contributed by atoms with Crippen molar-refractivity contribution >= 4 is 5.91 Å². The van der Waals surface area contributed by atoms with Crippen LogP contribution in [0.5, 0.6) is 0 Å². The normalized spacial score (nSPS) is 15.8. The first kappa shape index (κ1) is 13.5. The van der Waals surface area contributed by atoms with Gasteiger partial charge >= 0.3 is 0 Å². The van der Waals surface area contributed by atoms with E-state index < -0.39 is 0 Å². The van der Waals surface area contributed by atoms with E-state index in [1.54, 1.807) is 6.92 Å². The van der Waals surface area contributed by atoms with Crippen LogP contribution in [0.4, 0.5) is 0 Å². The number of amides is 1. The number of benzene rings is 2. The fraction of sp³-hybridized carbons (Fsp3) is 0.211. The second-order valence-electron chi connectivity index (χ2n) is 5.22. The number of nitrogens with one attached hydrogen (secondary N) is 1. The van der Waals surface area contributed by atoms with Crippen molar-refractivity contribution in [1.82, 2.24) is 5.32 Å². The summed E-state index contributed by atoms with van der Waals surface area (Å²) in [5.74, 6) is 5.00. The van der Waals surface area contributed by atoms with Gasteiger partial charge in [0, 0.05) is 0 Å². The maximum atomic E-state index is 11.7. The van der Waals surface area contributed by atoms with Crippen molar-refractivity contribution in [1.29, 1.82) is 0 Å². The van der Waals surface area contributed by atoms with Gasteiger partial charge in [-0.2, -0.15) is 0 Å². The van der Waals surface area contributed by atoms with Crippen LogP contribution in [-0.2, 0) is 11.2 Å². The van der Waals surface area contributed by atoms with Gasteiger partial charge in [0.05, 0.1) is 6.04 Å². The Labute approximate surface area is 125 Å². The molecule has 104 valence electrons. The third kappa shape index (κ3) is 2.83. The fourth-order valence-electron chi connectivity index (χ4n) is 2.87. The third-order valence-corrected chi connectivity index (χ3v) is 3.87. The van der Waals surface area contributed by atoms with Crippen molar-refractivity contribution in [3.8, 4) is 23.0 Å². The molecule has 2 heteroatoms. The van der Waals surface area contributed by atoms with Gasteiger partial charge in [0.1, 0.15) is 0 Å². The molecule has 1 N–H and O–H groups in total. The highest BCUT2D eigenvalue weighted by Crippen LogP contribution is 2.34. The molecule has 0 saturated carbocycles. The molecule has 0 spiro atoms. The number of fused-ring (bicyclic) bond motifs is 1. The average Bonchev–Trinajstić information content (AvgIpc) is 2.91. The van der Waals surface area contributed by atoms with Crippen LogP contribution in [0.25, 0.3) is 11.1 Å². The van der Waals surface area contributed by atoms with Gasteiger partial charge in [-0.05, 0) is 54.0 Å². The minimum Gasteiger partial charge on any atom is -0.338 e. The summed E-state index contributed by atoms with van der Waals surface area (Å²) in [6, 6.07) is 16.9. The van der Waals surface area contributed by atoms with Crippen LogP contribution < -0.4 is 5.32 Å². The molecule has 0 heterocycles. The van der Waals surface area contributed by atoms with E-state index in [1.807, 2.05) is 18.2 Å². The number of carbonyl (C=O) groups is 1. The zero-order valence-electron chi connectivity index (χ0n) is 12.0. The van der Waals surface area contributed by atoms with E-state index in [0.717, 1.165) is 12.8 Å². The summed E-state index contributed by atoms with van der Waals surface area (Å²) in [5.41, 5.74) is 4.94. The van der Waals surface area contributed by atoms with Gasteiger partial charge in [0.25, 0.3) is 5.91 Å². The van der Waals surface area contributed by atoms with E-state index in [-0.39, 0.29) is 11.9 Å². The minimum atomic E-state index is -0.194. The largest absolute Gasteiger partial charge is 0.338 e. The van der Waals surface area contributed by atoms with E-state index in [0.29, 0.717) is 0 Å². The minimum absolute atomic E-state index is 0.0806. The number of aryl methyl sites for hydroxylation is 1. The summed E-state index contributed by atoms with van der Waals surface area (Å²) in [6.07, 6.45) is 1.96. The first-order valence-corrected chi connectivity index (χ1v) is 7.19. The zero-order valence-corrected chi connectivity index (χ0v) is 12.0. The Bertz CT molecular complexity index is 722. The van der Waals surface area contributed by atoms with E-state index in [4.69, 9.17) is 0 Å². The molecule has 1 unspecified atom stereocenters. The highest BCUT2D eigenvalue weighted by atomic mass is 16.1. The van der Waals surface area contributed by atoms with Gasteiger partial charge in [-0.25, -0.2) is 0 Å². The average molecular weight is 275 g/mol. The van der Waals surface area contributed by atoms with Crippen LogP contribution in [0.15, 0.2) is 48.5 Å². The standard InChI is InChI=1S/C19H17NO/c1-2-6-19(21)20-18-12-11-15-9-10-16(13-17(15)18)14-7-4-3-5-8-14/h3-5,7-10,13,18H,11-12H2,1H3,(H,20,21). The van der Waals surface area contributed by atoms with E-state index in [9.17, 15) is 4.79 Å². The van der Waals surface area contributed by atoms with Crippen LogP contribution in [0.1, 0.15) is 30.5 Å². The third-order valence-electron chi connectivity index (χ3n) is 3.87. The monoisotopic (exact) mass is 275 g/mol. The molecule has 1 aliphatic carbocycles. The Morgan fingerprint density at radius 2 is 1.95 bits per heavy atom. The van der Waals surface area contributed by atoms with Crippen molar-refractivity contribution in [2.24, 2.45) is 0 Å². The number of hydrogen-bond donors (Lipinski definition) is 1. The summed E-state index contributed by atoms with van der Waals surface area (Å²) >= 11 is 0. The molecule has 0 radical (unpaired) electrons. The maximum absolute atomic E-state index is 11.7. The Hall–Kier alpha value is -2.53. The lowest BCUT2D eigenvalue weighted by Gasteiger charge is -2.13. The number of hydrogen-bond acceptors (Lipinski definition) is 1. The Balaban J connectivity index is 1.90. The predicted octanol–water partition coefficient (Wildman–Crippen LogP) is 3.48. The molecule has 0 aromatic heterocycles. The van der Waals surface area contributed by atoms with Gasteiger partial charge in [0.15, 0.2) is 0 Å². The topological polar surface area (TPSA) is 29.1 Å². The van der Waals surface area contributed by atoms with Crippen molar-refractivity contribution in [2.45, 2.75) is 25.8 Å². The van der Waals surface area contributed by atoms with Crippen LogP contribution in [0.2, 0.25) is 0 Å². The highest BCUT2D eigenvalue weighted by molar-refractivity contribution is 5.93. The molecule has 2 nitrogen and oxygen atoms in total. The number of carbonyl (C=O) groups excluding carboxylic acids is 1. The van der Waals surface area contributed by atoms with Crippen LogP contribution >= 0.6 is 0 Å². The highest BCUT2D eigenvalue weighted by Gasteiger charge is 2.23. The SMILES string of the molecule is CC#CC(=O)NC1CCc2ccc(-c3ccccc3)cc21. The first-order chi connectivity index (χ1) is 10.3. The molecule has 3 rings (SSSR count). The lowest BCUT2D eigenvalue weighted by Crippen LogP contribution is -2.25. The molecule has 2 aromatic carbocycles. The Morgan fingerprint density at radius 1 is 1.14 bits per heavy atom. The maximum Gasteiger partial charge on any atom is 0.296 e. The van der Waals surface area contributed by atoms with Crippen LogP contribution in [-0.4, -0.2) is 5.91 Å². The quantitative estimate of drug-likeness (QED) is 0.835. The Morgan fingerprint density at radius 3 is 2.71 bits per heavy atom. The summed E-state index contributed by atoms with van der Waals surface area (Å²) < 4.78 is 0. The molecule has 21 heavy (non-hydrogen) atoms. The molecule has 0 bridgehead atoms. The molecule has 1 amide bonds. The van der Waals surface area contributed by atoms with Crippen LogP contribution in [0.3, 0.4) is 0 Å². The summed E-state index contributed by atoms with van der Waals surface area (Å²) in [5, 5.41) is 3.00. The van der Waals surface area contributed by atoms with Gasteiger partial charge in [0.2, 0.25) is 0 Å². The van der Waals surface area contributed by atoms with Crippen molar-refractivity contribution in [2.75, 3.05) is 0 Å². The predicted molar refractivity (Wildman–Crippen MR) is 84.5 cm³/mol. The molecule has 2 aromatic rings. The van der Waals surface area contributed by atoms with E-state index in [1.165, 1.54) is 22.3 Å². The molecule has 0 saturated heterocycles. The van der Waals surface area contributed by atoms with Gasteiger partial charge in [-0.1, -0.05) is 48.4 Å². The molecular weight excluding hydrogens is 258 g/mol.